The van der Waals surface area contributed by atoms with Crippen molar-refractivity contribution in [2.45, 2.75) is 65.2 Å². The minimum atomic E-state index is -0.804. The molecule has 1 rings (SSSR count). The number of nitrogens with two attached hydrogens (primary N) is 1. The topological polar surface area (TPSA) is 132 Å². The molecule has 28 heavy (non-hydrogen) atoms. The second-order valence-corrected chi connectivity index (χ2v) is 8.14. The molecule has 9 heteroatoms. The summed E-state index contributed by atoms with van der Waals surface area (Å²) in [5.74, 6) is 0.137. The first-order valence-corrected chi connectivity index (χ1v) is 8.76. The Labute approximate surface area is 164 Å². The van der Waals surface area contributed by atoms with Gasteiger partial charge in [0.15, 0.2) is 5.84 Å². The number of carbonyl (C=O) groups is 2. The van der Waals surface area contributed by atoms with E-state index in [1.165, 1.54) is 0 Å². The Balaban J connectivity index is 2.77. The number of amides is 1. The summed E-state index contributed by atoms with van der Waals surface area (Å²) >= 11 is 0. The van der Waals surface area contributed by atoms with Gasteiger partial charge in [0.05, 0.1) is 6.04 Å². The molecular weight excluding hydrogens is 366 g/mol. The van der Waals surface area contributed by atoms with E-state index in [9.17, 15) is 9.59 Å². The van der Waals surface area contributed by atoms with Crippen molar-refractivity contribution in [3.8, 4) is 5.75 Å². The summed E-state index contributed by atoms with van der Waals surface area (Å²) in [4.78, 5) is 23.7. The molecule has 0 saturated carbocycles. The lowest BCUT2D eigenvalue weighted by atomic mass is 10.1. The molecule has 4 N–H and O–H groups in total. The summed E-state index contributed by atoms with van der Waals surface area (Å²) in [7, 11) is 0. The molecule has 0 aliphatic rings. The van der Waals surface area contributed by atoms with Crippen molar-refractivity contribution in [2.24, 2.45) is 10.9 Å². The van der Waals surface area contributed by atoms with E-state index in [4.69, 9.17) is 25.2 Å². The van der Waals surface area contributed by atoms with Crippen LogP contribution in [0.25, 0.3) is 0 Å². The number of nitrogens with zero attached hydrogens (tertiary/aromatic N) is 1. The van der Waals surface area contributed by atoms with Gasteiger partial charge in [-0.2, -0.15) is 0 Å². The lowest BCUT2D eigenvalue weighted by Crippen LogP contribution is -2.47. The van der Waals surface area contributed by atoms with Crippen LogP contribution < -0.4 is 15.8 Å². The molecule has 0 aliphatic heterocycles. The smallest absolute Gasteiger partial charge is 0.444 e. The number of hydrogen-bond acceptors (Lipinski definition) is 7. The Morgan fingerprint density at radius 2 is 1.61 bits per heavy atom. The van der Waals surface area contributed by atoms with Gasteiger partial charge in [-0.05, 0) is 59.2 Å². The summed E-state index contributed by atoms with van der Waals surface area (Å²) in [6.45, 7) is 10.4. The van der Waals surface area contributed by atoms with Crippen molar-refractivity contribution in [1.82, 2.24) is 5.32 Å². The number of ether oxygens (including phenoxy) is 3. The van der Waals surface area contributed by atoms with Crippen molar-refractivity contribution >= 4 is 18.1 Å². The van der Waals surface area contributed by atoms with Crippen LogP contribution in [0.1, 0.15) is 47.1 Å². The first-order valence-electron chi connectivity index (χ1n) is 8.76. The molecule has 1 atom stereocenters. The third-order valence-corrected chi connectivity index (χ3v) is 3.12. The van der Waals surface area contributed by atoms with Crippen molar-refractivity contribution < 1.29 is 29.0 Å². The highest BCUT2D eigenvalue weighted by Gasteiger charge is 2.23. The molecule has 1 unspecified atom stereocenters. The van der Waals surface area contributed by atoms with Gasteiger partial charge in [-0.3, -0.25) is 0 Å². The molecule has 1 aromatic rings. The highest BCUT2D eigenvalue weighted by Crippen LogP contribution is 2.16. The first-order chi connectivity index (χ1) is 12.8. The van der Waals surface area contributed by atoms with Crippen LogP contribution in [0.3, 0.4) is 0 Å². The van der Waals surface area contributed by atoms with Crippen molar-refractivity contribution in [3.63, 3.8) is 0 Å². The molecule has 0 heterocycles. The van der Waals surface area contributed by atoms with E-state index in [0.29, 0.717) is 5.75 Å². The molecule has 1 amide bonds. The largest absolute Gasteiger partial charge is 0.514 e. The molecule has 0 saturated heterocycles. The molecule has 0 bridgehead atoms. The Morgan fingerprint density at radius 3 is 2.07 bits per heavy atom. The predicted octanol–water partition coefficient (Wildman–Crippen LogP) is 3.18. The monoisotopic (exact) mass is 395 g/mol. The normalized spacial score (nSPS) is 13.4. The maximum absolute atomic E-state index is 12.0. The lowest BCUT2D eigenvalue weighted by Gasteiger charge is -2.23. The fourth-order valence-electron chi connectivity index (χ4n) is 2.05. The zero-order valence-corrected chi connectivity index (χ0v) is 17.1. The van der Waals surface area contributed by atoms with Gasteiger partial charge in [-0.25, -0.2) is 9.59 Å². The highest BCUT2D eigenvalue weighted by atomic mass is 16.7. The number of oxime groups is 1. The van der Waals surface area contributed by atoms with Crippen LogP contribution in [0.2, 0.25) is 0 Å². The van der Waals surface area contributed by atoms with Gasteiger partial charge in [-0.15, -0.1) is 0 Å². The molecule has 0 spiro atoms. The number of hydrogen-bond donors (Lipinski definition) is 3. The third-order valence-electron chi connectivity index (χ3n) is 3.12. The standard InChI is InChI=1S/C19H29N3O6/c1-18(2,3)27-16(23)21-14(15(20)22-25)11-12-7-9-13(10-8-12)26-17(24)28-19(4,5)6/h7-10,14,25H,11H2,1-6H3,(H2,20,22)(H,21,23). The number of nitrogens with one attached hydrogen (secondary N) is 1. The summed E-state index contributed by atoms with van der Waals surface area (Å²) in [6, 6.07) is 5.76. The number of alkyl carbamates (subject to hydrolysis) is 1. The van der Waals surface area contributed by atoms with Crippen LogP contribution in [-0.4, -0.2) is 40.5 Å². The Kier molecular flexibility index (Phi) is 7.66. The Hall–Kier alpha value is -2.97. The van der Waals surface area contributed by atoms with Gasteiger partial charge in [0, 0.05) is 6.42 Å². The van der Waals surface area contributed by atoms with Gasteiger partial charge in [0.2, 0.25) is 0 Å². The zero-order valence-electron chi connectivity index (χ0n) is 17.1. The van der Waals surface area contributed by atoms with Crippen molar-refractivity contribution in [3.05, 3.63) is 29.8 Å². The molecule has 0 aromatic heterocycles. The average Bonchev–Trinajstić information content (AvgIpc) is 2.51. The number of amidine groups is 1. The van der Waals surface area contributed by atoms with E-state index < -0.39 is 29.5 Å². The zero-order chi connectivity index (χ0) is 21.5. The maximum atomic E-state index is 12.0. The summed E-state index contributed by atoms with van der Waals surface area (Å²) in [6.07, 6.45) is -1.25. The lowest BCUT2D eigenvalue weighted by molar-refractivity contribution is 0.0205. The number of benzene rings is 1. The van der Waals surface area contributed by atoms with Crippen LogP contribution in [0, 0.1) is 0 Å². The van der Waals surface area contributed by atoms with Crippen LogP contribution in [-0.2, 0) is 15.9 Å². The van der Waals surface area contributed by atoms with E-state index in [-0.39, 0.29) is 12.3 Å². The van der Waals surface area contributed by atoms with Gasteiger partial charge in [0.25, 0.3) is 0 Å². The number of carbonyl (C=O) groups excluding carboxylic acids is 2. The summed E-state index contributed by atoms with van der Waals surface area (Å²) in [5.41, 5.74) is 5.10. The van der Waals surface area contributed by atoms with Crippen LogP contribution >= 0.6 is 0 Å². The van der Waals surface area contributed by atoms with E-state index in [1.807, 2.05) is 0 Å². The van der Waals surface area contributed by atoms with Gasteiger partial charge in [-0.1, -0.05) is 17.3 Å². The van der Waals surface area contributed by atoms with E-state index in [2.05, 4.69) is 10.5 Å². The maximum Gasteiger partial charge on any atom is 0.514 e. The molecule has 0 aliphatic carbocycles. The second kappa shape index (κ2) is 9.29. The van der Waals surface area contributed by atoms with Crippen molar-refractivity contribution in [1.29, 1.82) is 0 Å². The van der Waals surface area contributed by atoms with Gasteiger partial charge < -0.3 is 30.5 Å². The number of rotatable bonds is 5. The SMILES string of the molecule is CC(C)(C)OC(=O)NC(Cc1ccc(OC(=O)OC(C)(C)C)cc1)/C(N)=N/O. The Morgan fingerprint density at radius 1 is 1.07 bits per heavy atom. The van der Waals surface area contributed by atoms with Crippen LogP contribution in [0.4, 0.5) is 9.59 Å². The average molecular weight is 395 g/mol. The molecule has 0 radical (unpaired) electrons. The summed E-state index contributed by atoms with van der Waals surface area (Å²) < 4.78 is 15.4. The van der Waals surface area contributed by atoms with Crippen LogP contribution in [0.15, 0.2) is 29.4 Å². The molecule has 156 valence electrons. The predicted molar refractivity (Wildman–Crippen MR) is 104 cm³/mol. The van der Waals surface area contributed by atoms with Crippen LogP contribution in [0.5, 0.6) is 5.75 Å². The molecule has 1 aromatic carbocycles. The Bertz CT molecular complexity index is 702. The third kappa shape index (κ3) is 9.11. The fraction of sp³-hybridized carbons (Fsp3) is 0.526. The minimum Gasteiger partial charge on any atom is -0.444 e. The van der Waals surface area contributed by atoms with Crippen molar-refractivity contribution in [2.75, 3.05) is 0 Å². The van der Waals surface area contributed by atoms with Gasteiger partial charge in [0.1, 0.15) is 17.0 Å². The summed E-state index contributed by atoms with van der Waals surface area (Å²) in [5, 5.41) is 14.5. The van der Waals surface area contributed by atoms with E-state index in [0.717, 1.165) is 5.56 Å². The minimum absolute atomic E-state index is 0.167. The van der Waals surface area contributed by atoms with Gasteiger partial charge >= 0.3 is 12.2 Å². The quantitative estimate of drug-likeness (QED) is 0.174. The molecule has 0 fully saturated rings. The second-order valence-electron chi connectivity index (χ2n) is 8.14. The highest BCUT2D eigenvalue weighted by molar-refractivity contribution is 5.88. The van der Waals surface area contributed by atoms with E-state index in [1.54, 1.807) is 65.8 Å². The first kappa shape index (κ1) is 23.1. The van der Waals surface area contributed by atoms with E-state index >= 15 is 0 Å². The molecule has 9 nitrogen and oxygen atoms in total. The molecular formula is C19H29N3O6. The fourth-order valence-corrected chi connectivity index (χ4v) is 2.05.